The Balaban J connectivity index is 2.06. The Kier molecular flexibility index (Phi) is 3.89. The highest BCUT2D eigenvalue weighted by Crippen LogP contribution is 2.12. The average Bonchev–Trinajstić information content (AvgIpc) is 2.48. The molecule has 0 bridgehead atoms. The van der Waals surface area contributed by atoms with Gasteiger partial charge in [0.2, 0.25) is 5.88 Å². The molecule has 2 heterocycles. The summed E-state index contributed by atoms with van der Waals surface area (Å²) in [5.41, 5.74) is 3.39. The van der Waals surface area contributed by atoms with E-state index in [9.17, 15) is 4.79 Å². The van der Waals surface area contributed by atoms with Crippen LogP contribution >= 0.6 is 0 Å². The molecular formula is C12H13N5O2. The van der Waals surface area contributed by atoms with E-state index in [-0.39, 0.29) is 5.91 Å². The minimum atomic E-state index is -0.275. The molecule has 4 N–H and O–H groups in total. The number of anilines is 2. The number of ether oxygens (including phenoxy) is 1. The molecule has 0 aliphatic heterocycles. The van der Waals surface area contributed by atoms with Crippen molar-refractivity contribution < 1.29 is 9.53 Å². The van der Waals surface area contributed by atoms with Crippen LogP contribution in [-0.4, -0.2) is 23.0 Å². The summed E-state index contributed by atoms with van der Waals surface area (Å²) in [6, 6.07) is 6.60. The lowest BCUT2D eigenvalue weighted by Crippen LogP contribution is -2.13. The van der Waals surface area contributed by atoms with E-state index in [0.29, 0.717) is 22.9 Å². The van der Waals surface area contributed by atoms with Gasteiger partial charge in [-0.1, -0.05) is 0 Å². The standard InChI is InChI=1S/C12H13N5O2/c1-19-11-5-3-9(7-15-11)16-12(18)8-2-4-10(17-13)14-6-8/h2-7H,13H2,1H3,(H,14,17)(H,16,18). The largest absolute Gasteiger partial charge is 0.481 e. The van der Waals surface area contributed by atoms with E-state index in [1.165, 1.54) is 19.5 Å². The summed E-state index contributed by atoms with van der Waals surface area (Å²) in [6.45, 7) is 0. The molecule has 0 aromatic carbocycles. The molecule has 0 spiro atoms. The van der Waals surface area contributed by atoms with Crippen LogP contribution in [0.3, 0.4) is 0 Å². The molecule has 7 heteroatoms. The number of carbonyl (C=O) groups excluding carboxylic acids is 1. The van der Waals surface area contributed by atoms with Crippen molar-refractivity contribution in [3.8, 4) is 5.88 Å². The number of pyridine rings is 2. The zero-order valence-corrected chi connectivity index (χ0v) is 10.3. The lowest BCUT2D eigenvalue weighted by Gasteiger charge is -2.06. The number of nitrogens with two attached hydrogens (primary N) is 1. The van der Waals surface area contributed by atoms with Crippen molar-refractivity contribution in [3.63, 3.8) is 0 Å². The van der Waals surface area contributed by atoms with E-state index in [1.807, 2.05) is 0 Å². The van der Waals surface area contributed by atoms with Crippen molar-refractivity contribution in [2.75, 3.05) is 17.9 Å². The zero-order valence-electron chi connectivity index (χ0n) is 10.3. The third-order valence-corrected chi connectivity index (χ3v) is 2.38. The number of hydrazine groups is 1. The number of nitrogens with zero attached hydrogens (tertiary/aromatic N) is 2. The Bertz CT molecular complexity index is 553. The summed E-state index contributed by atoms with van der Waals surface area (Å²) < 4.78 is 4.93. The SMILES string of the molecule is COc1ccc(NC(=O)c2ccc(NN)nc2)cn1. The van der Waals surface area contributed by atoms with Gasteiger partial charge in [0.1, 0.15) is 5.82 Å². The van der Waals surface area contributed by atoms with E-state index in [4.69, 9.17) is 10.6 Å². The number of hydrogen-bond donors (Lipinski definition) is 3. The van der Waals surface area contributed by atoms with E-state index in [1.54, 1.807) is 24.3 Å². The lowest BCUT2D eigenvalue weighted by molar-refractivity contribution is 0.102. The fourth-order valence-corrected chi connectivity index (χ4v) is 1.39. The first kappa shape index (κ1) is 12.8. The van der Waals surface area contributed by atoms with Crippen molar-refractivity contribution in [1.29, 1.82) is 0 Å². The van der Waals surface area contributed by atoms with Crippen molar-refractivity contribution >= 4 is 17.4 Å². The van der Waals surface area contributed by atoms with Gasteiger partial charge < -0.3 is 15.5 Å². The fourth-order valence-electron chi connectivity index (χ4n) is 1.39. The molecule has 0 aliphatic carbocycles. The molecule has 2 aromatic heterocycles. The summed E-state index contributed by atoms with van der Waals surface area (Å²) >= 11 is 0. The maximum atomic E-state index is 11.9. The van der Waals surface area contributed by atoms with Gasteiger partial charge in [0.15, 0.2) is 0 Å². The Morgan fingerprint density at radius 3 is 2.58 bits per heavy atom. The van der Waals surface area contributed by atoms with Crippen molar-refractivity contribution in [3.05, 3.63) is 42.2 Å². The van der Waals surface area contributed by atoms with Gasteiger partial charge in [-0.05, 0) is 18.2 Å². The number of carbonyl (C=O) groups is 1. The Hall–Kier alpha value is -2.67. The highest BCUT2D eigenvalue weighted by Gasteiger charge is 2.07. The molecule has 0 unspecified atom stereocenters. The first-order valence-corrected chi connectivity index (χ1v) is 5.47. The molecule has 7 nitrogen and oxygen atoms in total. The Labute approximate surface area is 109 Å². The lowest BCUT2D eigenvalue weighted by atomic mass is 10.2. The van der Waals surface area contributed by atoms with Crippen LogP contribution in [-0.2, 0) is 0 Å². The monoisotopic (exact) mass is 259 g/mol. The van der Waals surface area contributed by atoms with Gasteiger partial charge in [-0.3, -0.25) is 4.79 Å². The Morgan fingerprint density at radius 1 is 1.21 bits per heavy atom. The van der Waals surface area contributed by atoms with E-state index >= 15 is 0 Å². The van der Waals surface area contributed by atoms with Crippen LogP contribution in [0.25, 0.3) is 0 Å². The predicted octanol–water partition coefficient (Wildman–Crippen LogP) is 1.02. The molecule has 0 atom stereocenters. The van der Waals surface area contributed by atoms with Gasteiger partial charge in [-0.2, -0.15) is 0 Å². The quantitative estimate of drug-likeness (QED) is 0.559. The molecule has 1 amide bonds. The second kappa shape index (κ2) is 5.78. The second-order valence-corrected chi connectivity index (χ2v) is 3.62. The van der Waals surface area contributed by atoms with Gasteiger partial charge in [0, 0.05) is 12.3 Å². The molecule has 0 radical (unpaired) electrons. The maximum Gasteiger partial charge on any atom is 0.257 e. The second-order valence-electron chi connectivity index (χ2n) is 3.62. The maximum absolute atomic E-state index is 11.9. The van der Waals surface area contributed by atoms with E-state index in [0.717, 1.165) is 0 Å². The van der Waals surface area contributed by atoms with Crippen LogP contribution in [0.15, 0.2) is 36.7 Å². The summed E-state index contributed by atoms with van der Waals surface area (Å²) in [6.07, 6.45) is 2.95. The molecule has 19 heavy (non-hydrogen) atoms. The highest BCUT2D eigenvalue weighted by molar-refractivity contribution is 6.04. The van der Waals surface area contributed by atoms with Crippen LogP contribution in [0, 0.1) is 0 Å². The molecule has 2 rings (SSSR count). The highest BCUT2D eigenvalue weighted by atomic mass is 16.5. The molecule has 0 fully saturated rings. The summed E-state index contributed by atoms with van der Waals surface area (Å²) in [5, 5.41) is 2.70. The smallest absolute Gasteiger partial charge is 0.257 e. The normalized spacial score (nSPS) is 9.79. The van der Waals surface area contributed by atoms with Gasteiger partial charge in [0.05, 0.1) is 24.6 Å². The number of aromatic nitrogens is 2. The van der Waals surface area contributed by atoms with E-state index in [2.05, 4.69) is 20.7 Å². The number of amides is 1. The van der Waals surface area contributed by atoms with Gasteiger partial charge in [-0.15, -0.1) is 0 Å². The predicted molar refractivity (Wildman–Crippen MR) is 70.8 cm³/mol. The van der Waals surface area contributed by atoms with Crippen LogP contribution in [0.4, 0.5) is 11.5 Å². The molecule has 0 aliphatic rings. The molecule has 0 saturated heterocycles. The molecule has 98 valence electrons. The number of methoxy groups -OCH3 is 1. The van der Waals surface area contributed by atoms with Crippen LogP contribution in [0.1, 0.15) is 10.4 Å². The topological polar surface area (TPSA) is 102 Å². The Morgan fingerprint density at radius 2 is 2.05 bits per heavy atom. The number of nitrogens with one attached hydrogen (secondary N) is 2. The summed E-state index contributed by atoms with van der Waals surface area (Å²) in [4.78, 5) is 19.9. The van der Waals surface area contributed by atoms with Crippen molar-refractivity contribution in [1.82, 2.24) is 9.97 Å². The minimum Gasteiger partial charge on any atom is -0.481 e. The van der Waals surface area contributed by atoms with Gasteiger partial charge >= 0.3 is 0 Å². The zero-order chi connectivity index (χ0) is 13.7. The number of nitrogen functional groups attached to an aromatic ring is 1. The van der Waals surface area contributed by atoms with Crippen LogP contribution < -0.4 is 21.3 Å². The number of rotatable bonds is 4. The molecular weight excluding hydrogens is 246 g/mol. The van der Waals surface area contributed by atoms with Crippen molar-refractivity contribution in [2.45, 2.75) is 0 Å². The average molecular weight is 259 g/mol. The third kappa shape index (κ3) is 3.17. The van der Waals surface area contributed by atoms with E-state index < -0.39 is 0 Å². The molecule has 0 saturated carbocycles. The minimum absolute atomic E-state index is 0.275. The van der Waals surface area contributed by atoms with Crippen LogP contribution in [0.5, 0.6) is 5.88 Å². The summed E-state index contributed by atoms with van der Waals surface area (Å²) in [7, 11) is 1.53. The van der Waals surface area contributed by atoms with Gasteiger partial charge in [-0.25, -0.2) is 15.8 Å². The van der Waals surface area contributed by atoms with Crippen LogP contribution in [0.2, 0.25) is 0 Å². The fraction of sp³-hybridized carbons (Fsp3) is 0.0833. The first-order chi connectivity index (χ1) is 9.22. The number of hydrogen-bond acceptors (Lipinski definition) is 6. The first-order valence-electron chi connectivity index (χ1n) is 5.47. The van der Waals surface area contributed by atoms with Crippen molar-refractivity contribution in [2.24, 2.45) is 5.84 Å². The third-order valence-electron chi connectivity index (χ3n) is 2.38. The summed E-state index contributed by atoms with van der Waals surface area (Å²) in [5.74, 6) is 5.89. The molecule has 2 aromatic rings. The van der Waals surface area contributed by atoms with Gasteiger partial charge in [0.25, 0.3) is 5.91 Å².